The zero-order valence-corrected chi connectivity index (χ0v) is 16.5. The quantitative estimate of drug-likeness (QED) is 0.387. The predicted molar refractivity (Wildman–Crippen MR) is 106 cm³/mol. The number of anilines is 1. The summed E-state index contributed by atoms with van der Waals surface area (Å²) in [7, 11) is 0. The summed E-state index contributed by atoms with van der Waals surface area (Å²) in [6.07, 6.45) is -1.19. The Balaban J connectivity index is 1.85. The highest BCUT2D eigenvalue weighted by atomic mass is 35.5. The molecule has 2 N–H and O–H groups in total. The Morgan fingerprint density at radius 1 is 1.14 bits per heavy atom. The Hall–Kier alpha value is -3.17. The summed E-state index contributed by atoms with van der Waals surface area (Å²) in [5.41, 5.74) is 0.182. The predicted octanol–water partition coefficient (Wildman–Crippen LogP) is 3.20. The van der Waals surface area contributed by atoms with Crippen LogP contribution in [0.5, 0.6) is 0 Å². The molecule has 2 rings (SSSR count). The van der Waals surface area contributed by atoms with E-state index >= 15 is 0 Å². The van der Waals surface area contributed by atoms with Crippen LogP contribution in [-0.4, -0.2) is 35.4 Å². The highest BCUT2D eigenvalue weighted by Gasteiger charge is 2.19. The molecule has 0 aromatic heterocycles. The second-order valence-electron chi connectivity index (χ2n) is 5.74. The van der Waals surface area contributed by atoms with Crippen molar-refractivity contribution in [3.8, 4) is 0 Å². The van der Waals surface area contributed by atoms with Gasteiger partial charge in [0.2, 0.25) is 0 Å². The van der Waals surface area contributed by atoms with Crippen LogP contribution in [0.1, 0.15) is 17.3 Å². The number of nitro groups is 1. The van der Waals surface area contributed by atoms with Gasteiger partial charge in [-0.25, -0.2) is 0 Å². The number of benzene rings is 2. The van der Waals surface area contributed by atoms with Crippen LogP contribution in [0.4, 0.5) is 11.4 Å². The van der Waals surface area contributed by atoms with Crippen LogP contribution in [0.3, 0.4) is 0 Å². The molecule has 0 aliphatic carbocycles. The number of rotatable bonds is 7. The minimum Gasteiger partial charge on any atom is -0.451 e. The Bertz CT molecular complexity index is 966. The average Bonchev–Trinajstić information content (AvgIpc) is 2.68. The summed E-state index contributed by atoms with van der Waals surface area (Å²) in [5, 5.41) is 16.0. The smallest absolute Gasteiger partial charge is 0.326 e. The summed E-state index contributed by atoms with van der Waals surface area (Å²) in [6.45, 7) is 0.846. The fourth-order valence-corrected chi connectivity index (χ4v) is 2.42. The second-order valence-corrected chi connectivity index (χ2v) is 6.55. The molecule has 0 unspecified atom stereocenters. The number of carbonyl (C=O) groups is 3. The molecule has 0 saturated heterocycles. The van der Waals surface area contributed by atoms with Crippen LogP contribution in [0.2, 0.25) is 10.0 Å². The zero-order valence-electron chi connectivity index (χ0n) is 15.0. The Labute approximate surface area is 175 Å². The van der Waals surface area contributed by atoms with Crippen LogP contribution < -0.4 is 10.6 Å². The number of carbonyl (C=O) groups excluding carboxylic acids is 3. The van der Waals surface area contributed by atoms with Crippen LogP contribution in [0.15, 0.2) is 42.5 Å². The highest BCUT2D eigenvalue weighted by Crippen LogP contribution is 2.22. The summed E-state index contributed by atoms with van der Waals surface area (Å²) in [6, 6.07) is 9.53. The number of hydrogen-bond acceptors (Lipinski definition) is 6. The molecule has 9 nitrogen and oxygen atoms in total. The third kappa shape index (κ3) is 6.44. The lowest BCUT2D eigenvalue weighted by atomic mass is 10.2. The Morgan fingerprint density at radius 3 is 2.52 bits per heavy atom. The summed E-state index contributed by atoms with van der Waals surface area (Å²) in [4.78, 5) is 46.1. The molecule has 1 atom stereocenters. The molecule has 0 aliphatic heterocycles. The minimum absolute atomic E-state index is 0.181. The molecule has 0 aliphatic rings. The molecule has 0 spiro atoms. The first kappa shape index (κ1) is 22.1. The summed E-state index contributed by atoms with van der Waals surface area (Å²) in [5.74, 6) is -2.11. The van der Waals surface area contributed by atoms with Crippen molar-refractivity contribution in [2.24, 2.45) is 0 Å². The molecule has 0 radical (unpaired) electrons. The first-order chi connectivity index (χ1) is 13.7. The van der Waals surface area contributed by atoms with E-state index in [9.17, 15) is 24.5 Å². The van der Waals surface area contributed by atoms with Gasteiger partial charge in [-0.05, 0) is 31.2 Å². The van der Waals surface area contributed by atoms with Crippen molar-refractivity contribution < 1.29 is 24.0 Å². The standard InChI is InChI=1S/C18H15Cl2N3O6/c1-10(17(25)22-12-3-2-4-13(8-12)23(27)28)29-16(24)9-21-18(26)11-5-6-14(19)15(20)7-11/h2-8,10H,9H2,1H3,(H,21,26)(H,22,25)/t10-/m1/s1. The maximum absolute atomic E-state index is 12.1. The molecule has 2 aromatic carbocycles. The van der Waals surface area contributed by atoms with E-state index in [1.807, 2.05) is 0 Å². The molecular weight excluding hydrogens is 425 g/mol. The van der Waals surface area contributed by atoms with Gasteiger partial charge in [0.1, 0.15) is 6.54 Å². The van der Waals surface area contributed by atoms with Crippen molar-refractivity contribution in [1.82, 2.24) is 5.32 Å². The van der Waals surface area contributed by atoms with Crippen LogP contribution in [0, 0.1) is 10.1 Å². The summed E-state index contributed by atoms with van der Waals surface area (Å²) >= 11 is 11.6. The number of non-ortho nitro benzene ring substituents is 1. The molecular formula is C18H15Cl2N3O6. The fraction of sp³-hybridized carbons (Fsp3) is 0.167. The van der Waals surface area contributed by atoms with Crippen molar-refractivity contribution in [3.05, 3.63) is 68.2 Å². The number of nitrogens with one attached hydrogen (secondary N) is 2. The normalized spacial score (nSPS) is 11.3. The molecule has 0 bridgehead atoms. The number of ether oxygens (including phenoxy) is 1. The Morgan fingerprint density at radius 2 is 1.86 bits per heavy atom. The van der Waals surface area contributed by atoms with E-state index in [0.29, 0.717) is 0 Å². The number of nitro benzene ring substituents is 1. The van der Waals surface area contributed by atoms with E-state index in [0.717, 1.165) is 0 Å². The van der Waals surface area contributed by atoms with Gasteiger partial charge < -0.3 is 15.4 Å². The van der Waals surface area contributed by atoms with E-state index in [2.05, 4.69) is 10.6 Å². The van der Waals surface area contributed by atoms with Gasteiger partial charge in [0.15, 0.2) is 6.10 Å². The van der Waals surface area contributed by atoms with Crippen molar-refractivity contribution in [2.45, 2.75) is 13.0 Å². The van der Waals surface area contributed by atoms with Gasteiger partial charge in [0.05, 0.1) is 15.0 Å². The summed E-state index contributed by atoms with van der Waals surface area (Å²) < 4.78 is 4.94. The van der Waals surface area contributed by atoms with Gasteiger partial charge in [0, 0.05) is 23.4 Å². The first-order valence-electron chi connectivity index (χ1n) is 8.15. The van der Waals surface area contributed by atoms with Crippen molar-refractivity contribution >= 4 is 52.4 Å². The third-order valence-corrected chi connectivity index (χ3v) is 4.32. The average molecular weight is 440 g/mol. The number of esters is 1. The van der Waals surface area contributed by atoms with Crippen LogP contribution >= 0.6 is 23.2 Å². The van der Waals surface area contributed by atoms with E-state index in [-0.39, 0.29) is 27.0 Å². The second kappa shape index (κ2) is 9.85. The van der Waals surface area contributed by atoms with Gasteiger partial charge in [-0.3, -0.25) is 24.5 Å². The molecule has 11 heteroatoms. The topological polar surface area (TPSA) is 128 Å². The maximum atomic E-state index is 12.1. The van der Waals surface area contributed by atoms with Gasteiger partial charge in [-0.2, -0.15) is 0 Å². The number of halogens is 2. The van der Waals surface area contributed by atoms with Crippen LogP contribution in [-0.2, 0) is 14.3 Å². The van der Waals surface area contributed by atoms with Gasteiger partial charge >= 0.3 is 5.97 Å². The molecule has 152 valence electrons. The SMILES string of the molecule is C[C@@H](OC(=O)CNC(=O)c1ccc(Cl)c(Cl)c1)C(=O)Nc1cccc([N+](=O)[O-])c1. The first-order valence-corrected chi connectivity index (χ1v) is 8.91. The van der Waals surface area contributed by atoms with Crippen molar-refractivity contribution in [3.63, 3.8) is 0 Å². The lowest BCUT2D eigenvalue weighted by Crippen LogP contribution is -2.35. The lowest BCUT2D eigenvalue weighted by molar-refractivity contribution is -0.384. The maximum Gasteiger partial charge on any atom is 0.326 e. The molecule has 2 amide bonds. The molecule has 29 heavy (non-hydrogen) atoms. The molecule has 2 aromatic rings. The van der Waals surface area contributed by atoms with E-state index in [1.165, 1.54) is 49.4 Å². The third-order valence-electron chi connectivity index (χ3n) is 3.58. The Kier molecular flexibility index (Phi) is 7.52. The van der Waals surface area contributed by atoms with Gasteiger partial charge in [-0.15, -0.1) is 0 Å². The van der Waals surface area contributed by atoms with Gasteiger partial charge in [0.25, 0.3) is 17.5 Å². The van der Waals surface area contributed by atoms with E-state index in [1.54, 1.807) is 0 Å². The van der Waals surface area contributed by atoms with Crippen LogP contribution in [0.25, 0.3) is 0 Å². The highest BCUT2D eigenvalue weighted by molar-refractivity contribution is 6.42. The fourth-order valence-electron chi connectivity index (χ4n) is 2.13. The number of hydrogen-bond donors (Lipinski definition) is 2. The molecule has 0 fully saturated rings. The van der Waals surface area contributed by atoms with Crippen molar-refractivity contribution in [2.75, 3.05) is 11.9 Å². The molecule has 0 heterocycles. The largest absolute Gasteiger partial charge is 0.451 e. The van der Waals surface area contributed by atoms with Gasteiger partial charge in [-0.1, -0.05) is 29.3 Å². The monoisotopic (exact) mass is 439 g/mol. The van der Waals surface area contributed by atoms with E-state index < -0.39 is 35.4 Å². The zero-order chi connectivity index (χ0) is 21.6. The van der Waals surface area contributed by atoms with Crippen molar-refractivity contribution in [1.29, 1.82) is 0 Å². The minimum atomic E-state index is -1.19. The van der Waals surface area contributed by atoms with E-state index in [4.69, 9.17) is 27.9 Å². The number of nitrogens with zero attached hydrogens (tertiary/aromatic N) is 1. The molecule has 0 saturated carbocycles. The lowest BCUT2D eigenvalue weighted by Gasteiger charge is -2.14. The number of amides is 2.